The minimum absolute atomic E-state index is 0.0959. The van der Waals surface area contributed by atoms with Crippen LogP contribution in [-0.4, -0.2) is 71.2 Å². The van der Waals surface area contributed by atoms with Crippen molar-refractivity contribution in [1.29, 1.82) is 0 Å². The fraction of sp³-hybridized carbons (Fsp3) is 0.391. The molecule has 1 aromatic rings. The van der Waals surface area contributed by atoms with Crippen LogP contribution in [0.4, 0.5) is 10.5 Å². The Kier molecular flexibility index (Phi) is 5.08. The Labute approximate surface area is 191 Å². The van der Waals surface area contributed by atoms with Crippen molar-refractivity contribution in [3.63, 3.8) is 0 Å². The molecule has 3 aliphatic heterocycles. The number of amides is 4. The lowest BCUT2D eigenvalue weighted by molar-refractivity contribution is -0.138. The molecule has 0 N–H and O–H groups in total. The number of hydrogen-bond donors (Lipinski definition) is 0. The Bertz CT molecular complexity index is 1100. The second-order valence-corrected chi connectivity index (χ2v) is 9.41. The van der Waals surface area contributed by atoms with Crippen LogP contribution in [0.15, 0.2) is 56.9 Å². The molecule has 3 atom stereocenters. The Hall–Kier alpha value is -3.07. The van der Waals surface area contributed by atoms with Gasteiger partial charge in [-0.25, -0.2) is 9.79 Å². The van der Waals surface area contributed by atoms with Crippen molar-refractivity contribution < 1.29 is 14.4 Å². The topological polar surface area (TPSA) is 76.5 Å². The standard InChI is InChI=1S/C23H25N5O3S/c1-4-14(27-13-24-20-19(27)22(30)26(3)23(31)25(20)2)21(29)28-15-9-5-7-11-17(15)32-18-12-8-6-10-16(18)28/h5-7,9-11,13-14,19-20H,4,8,12H2,1-3H3. The van der Waals surface area contributed by atoms with Gasteiger partial charge < -0.3 is 9.80 Å². The zero-order valence-corrected chi connectivity index (χ0v) is 19.1. The summed E-state index contributed by atoms with van der Waals surface area (Å²) in [5.74, 6) is -0.435. The highest BCUT2D eigenvalue weighted by molar-refractivity contribution is 8.03. The molecular formula is C23H25N5O3S. The first-order valence-electron chi connectivity index (χ1n) is 10.8. The molecule has 0 saturated carbocycles. The summed E-state index contributed by atoms with van der Waals surface area (Å²) in [6.45, 7) is 1.94. The summed E-state index contributed by atoms with van der Waals surface area (Å²) < 4.78 is 0. The molecule has 8 nitrogen and oxygen atoms in total. The molecule has 5 rings (SSSR count). The zero-order chi connectivity index (χ0) is 22.6. The van der Waals surface area contributed by atoms with E-state index in [2.05, 4.69) is 11.1 Å². The summed E-state index contributed by atoms with van der Waals surface area (Å²) in [7, 11) is 3.10. The molecule has 0 aromatic heterocycles. The van der Waals surface area contributed by atoms with E-state index >= 15 is 0 Å². The maximum atomic E-state index is 14.1. The summed E-state index contributed by atoms with van der Waals surface area (Å²) in [4.78, 5) is 52.2. The number of fused-ring (bicyclic) bond motifs is 2. The van der Waals surface area contributed by atoms with Gasteiger partial charge in [-0.2, -0.15) is 0 Å². The molecule has 9 heteroatoms. The highest BCUT2D eigenvalue weighted by Gasteiger charge is 2.51. The molecule has 1 saturated heterocycles. The van der Waals surface area contributed by atoms with E-state index in [1.807, 2.05) is 37.3 Å². The summed E-state index contributed by atoms with van der Waals surface area (Å²) in [6.07, 6.45) is 7.43. The van der Waals surface area contributed by atoms with Crippen LogP contribution in [0.3, 0.4) is 0 Å². The van der Waals surface area contributed by atoms with Gasteiger partial charge in [-0.05, 0) is 37.5 Å². The normalized spacial score (nSPS) is 25.2. The van der Waals surface area contributed by atoms with Crippen LogP contribution in [-0.2, 0) is 9.59 Å². The number of carbonyl (C=O) groups is 3. The summed E-state index contributed by atoms with van der Waals surface area (Å²) in [5, 5.41) is 0. The Morgan fingerprint density at radius 3 is 2.81 bits per heavy atom. The van der Waals surface area contributed by atoms with Crippen molar-refractivity contribution in [3.05, 3.63) is 47.0 Å². The molecule has 1 fully saturated rings. The van der Waals surface area contributed by atoms with Crippen molar-refractivity contribution in [2.75, 3.05) is 19.0 Å². The van der Waals surface area contributed by atoms with Crippen LogP contribution in [0, 0.1) is 0 Å². The second kappa shape index (κ2) is 7.81. The van der Waals surface area contributed by atoms with E-state index in [0.29, 0.717) is 6.42 Å². The number of para-hydroxylation sites is 1. The van der Waals surface area contributed by atoms with Crippen LogP contribution in [0.1, 0.15) is 26.2 Å². The van der Waals surface area contributed by atoms with E-state index in [4.69, 9.17) is 0 Å². The van der Waals surface area contributed by atoms with Crippen LogP contribution in [0.2, 0.25) is 0 Å². The minimum Gasteiger partial charge on any atom is -0.335 e. The predicted molar refractivity (Wildman–Crippen MR) is 123 cm³/mol. The van der Waals surface area contributed by atoms with Crippen LogP contribution >= 0.6 is 11.8 Å². The minimum atomic E-state index is -0.707. The van der Waals surface area contributed by atoms with Gasteiger partial charge in [0, 0.05) is 23.9 Å². The largest absolute Gasteiger partial charge is 0.335 e. The van der Waals surface area contributed by atoms with Crippen LogP contribution in [0.5, 0.6) is 0 Å². The molecule has 4 amide bonds. The molecule has 32 heavy (non-hydrogen) atoms. The summed E-state index contributed by atoms with van der Waals surface area (Å²) >= 11 is 1.72. The SMILES string of the molecule is CCC(C(=O)N1C2=C(CCC=C2)Sc2ccccc21)N1C=NC2C1C(=O)N(C)C(=O)N2C. The number of hydrogen-bond acceptors (Lipinski definition) is 6. The van der Waals surface area contributed by atoms with E-state index < -0.39 is 24.3 Å². The van der Waals surface area contributed by atoms with Gasteiger partial charge >= 0.3 is 6.03 Å². The van der Waals surface area contributed by atoms with Gasteiger partial charge in [0.2, 0.25) is 0 Å². The number of rotatable bonds is 3. The average molecular weight is 452 g/mol. The number of likely N-dealkylation sites (N-methyl/N-ethyl adjacent to an activating group) is 2. The third-order valence-electron chi connectivity index (χ3n) is 6.46. The maximum absolute atomic E-state index is 14.1. The van der Waals surface area contributed by atoms with Crippen molar-refractivity contribution >= 4 is 41.6 Å². The number of allylic oxidation sites excluding steroid dienone is 3. The number of imide groups is 1. The number of nitrogens with zero attached hydrogens (tertiary/aromatic N) is 5. The van der Waals surface area contributed by atoms with E-state index in [-0.39, 0.29) is 11.8 Å². The Balaban J connectivity index is 1.53. The molecule has 1 aliphatic carbocycles. The smallest absolute Gasteiger partial charge is 0.328 e. The van der Waals surface area contributed by atoms with Crippen molar-refractivity contribution in [3.8, 4) is 0 Å². The molecule has 166 valence electrons. The number of benzene rings is 1. The molecular weight excluding hydrogens is 426 g/mol. The molecule has 1 aromatic carbocycles. The third kappa shape index (κ3) is 2.98. The third-order valence-corrected chi connectivity index (χ3v) is 7.68. The van der Waals surface area contributed by atoms with Crippen LogP contribution in [0.25, 0.3) is 0 Å². The van der Waals surface area contributed by atoms with Crippen molar-refractivity contribution in [1.82, 2.24) is 14.7 Å². The van der Waals surface area contributed by atoms with Gasteiger partial charge in [0.25, 0.3) is 11.8 Å². The number of anilines is 1. The first-order chi connectivity index (χ1) is 15.4. The predicted octanol–water partition coefficient (Wildman–Crippen LogP) is 3.03. The summed E-state index contributed by atoms with van der Waals surface area (Å²) in [6, 6.07) is 6.24. The van der Waals surface area contributed by atoms with Crippen molar-refractivity contribution in [2.24, 2.45) is 4.99 Å². The first kappa shape index (κ1) is 20.8. The lowest BCUT2D eigenvalue weighted by Crippen LogP contribution is -2.66. The van der Waals surface area contributed by atoms with E-state index in [0.717, 1.165) is 34.0 Å². The van der Waals surface area contributed by atoms with Gasteiger partial charge in [0.15, 0.2) is 12.2 Å². The highest BCUT2D eigenvalue weighted by Crippen LogP contribution is 2.47. The molecule has 3 unspecified atom stereocenters. The molecule has 4 aliphatic rings. The van der Waals surface area contributed by atoms with Crippen molar-refractivity contribution in [2.45, 2.75) is 49.3 Å². The maximum Gasteiger partial charge on any atom is 0.328 e. The zero-order valence-electron chi connectivity index (χ0n) is 18.3. The molecule has 0 radical (unpaired) electrons. The highest BCUT2D eigenvalue weighted by atomic mass is 32.2. The van der Waals surface area contributed by atoms with Gasteiger partial charge in [-0.1, -0.05) is 36.9 Å². The van der Waals surface area contributed by atoms with E-state index in [1.165, 1.54) is 16.9 Å². The number of thioether (sulfide) groups is 1. The van der Waals surface area contributed by atoms with Gasteiger partial charge in [0.1, 0.15) is 6.04 Å². The Morgan fingerprint density at radius 2 is 2.03 bits per heavy atom. The van der Waals surface area contributed by atoms with Gasteiger partial charge in [-0.15, -0.1) is 0 Å². The van der Waals surface area contributed by atoms with E-state index in [1.54, 1.807) is 34.9 Å². The number of aliphatic imine (C=N–C) groups is 1. The molecule has 3 heterocycles. The summed E-state index contributed by atoms with van der Waals surface area (Å²) in [5.41, 5.74) is 1.77. The van der Waals surface area contributed by atoms with Crippen LogP contribution < -0.4 is 4.90 Å². The van der Waals surface area contributed by atoms with Gasteiger partial charge in [0.05, 0.1) is 17.7 Å². The van der Waals surface area contributed by atoms with Gasteiger partial charge in [-0.3, -0.25) is 19.4 Å². The molecule has 0 bridgehead atoms. The fourth-order valence-electron chi connectivity index (χ4n) is 4.76. The lowest BCUT2D eigenvalue weighted by atomic mass is 10.0. The molecule has 0 spiro atoms. The monoisotopic (exact) mass is 451 g/mol. The quantitative estimate of drug-likeness (QED) is 0.706. The lowest BCUT2D eigenvalue weighted by Gasteiger charge is -2.43. The van der Waals surface area contributed by atoms with E-state index in [9.17, 15) is 14.4 Å². The first-order valence-corrected chi connectivity index (χ1v) is 11.6. The average Bonchev–Trinajstić information content (AvgIpc) is 3.25. The number of urea groups is 1. The Morgan fingerprint density at radius 1 is 1.25 bits per heavy atom. The second-order valence-electron chi connectivity index (χ2n) is 8.28. The number of carbonyl (C=O) groups excluding carboxylic acids is 3. The fourth-order valence-corrected chi connectivity index (χ4v) is 5.92.